The fourth-order valence-corrected chi connectivity index (χ4v) is 2.81. The van der Waals surface area contributed by atoms with Crippen molar-refractivity contribution in [3.8, 4) is 5.69 Å². The first-order valence-electron chi connectivity index (χ1n) is 8.50. The average Bonchev–Trinajstić information content (AvgIpc) is 2.99. The van der Waals surface area contributed by atoms with Crippen LogP contribution in [0.2, 0.25) is 0 Å². The number of aryl methyl sites for hydroxylation is 1. The average molecular weight is 329 g/mol. The summed E-state index contributed by atoms with van der Waals surface area (Å²) in [5.74, 6) is 0.783. The zero-order chi connectivity index (χ0) is 17.5. The molecule has 1 atom stereocenters. The van der Waals surface area contributed by atoms with Crippen LogP contribution in [-0.2, 0) is 0 Å². The molecule has 0 aliphatic rings. The minimum Gasteiger partial charge on any atom is -0.396 e. The van der Waals surface area contributed by atoms with Gasteiger partial charge in [-0.3, -0.25) is 4.79 Å². The third-order valence-electron chi connectivity index (χ3n) is 4.00. The Bertz CT molecular complexity index is 647. The van der Waals surface area contributed by atoms with E-state index in [-0.39, 0.29) is 12.5 Å². The first kappa shape index (κ1) is 18.2. The normalized spacial score (nSPS) is 12.4. The highest BCUT2D eigenvalue weighted by atomic mass is 16.3. The first-order valence-corrected chi connectivity index (χ1v) is 8.50. The number of amides is 1. The van der Waals surface area contributed by atoms with Crippen LogP contribution in [0.5, 0.6) is 0 Å². The summed E-state index contributed by atoms with van der Waals surface area (Å²) in [6, 6.07) is 7.40. The molecule has 2 aromatic rings. The molecule has 24 heavy (non-hydrogen) atoms. The molecule has 0 aliphatic heterocycles. The van der Waals surface area contributed by atoms with Gasteiger partial charge in [0.05, 0.1) is 11.9 Å². The van der Waals surface area contributed by atoms with Crippen molar-refractivity contribution in [2.24, 2.45) is 11.8 Å². The van der Waals surface area contributed by atoms with E-state index in [0.717, 1.165) is 24.1 Å². The topological polar surface area (TPSA) is 67.2 Å². The summed E-state index contributed by atoms with van der Waals surface area (Å²) in [7, 11) is 0. The number of carbonyl (C=O) groups excluding carboxylic acids is 1. The van der Waals surface area contributed by atoms with Gasteiger partial charge in [-0.2, -0.15) is 5.10 Å². The molecule has 0 saturated heterocycles. The number of aromatic nitrogens is 2. The van der Waals surface area contributed by atoms with Gasteiger partial charge >= 0.3 is 0 Å². The second-order valence-corrected chi connectivity index (χ2v) is 6.73. The van der Waals surface area contributed by atoms with Crippen LogP contribution < -0.4 is 5.32 Å². The van der Waals surface area contributed by atoms with E-state index in [0.29, 0.717) is 23.9 Å². The number of rotatable bonds is 8. The molecule has 0 aliphatic carbocycles. The van der Waals surface area contributed by atoms with Gasteiger partial charge in [-0.1, -0.05) is 13.8 Å². The van der Waals surface area contributed by atoms with Crippen LogP contribution >= 0.6 is 0 Å². The predicted octanol–water partition coefficient (Wildman–Crippen LogP) is 2.96. The van der Waals surface area contributed by atoms with Crippen LogP contribution in [0.25, 0.3) is 5.69 Å². The minimum atomic E-state index is -0.0788. The molecule has 0 radical (unpaired) electrons. The SMILES string of the molecule is Cc1cnn(-c2ccc(C(=O)NCC(CCO)CC(C)C)cc2)c1. The third-order valence-corrected chi connectivity index (χ3v) is 4.00. The zero-order valence-electron chi connectivity index (χ0n) is 14.7. The Kier molecular flexibility index (Phi) is 6.55. The van der Waals surface area contributed by atoms with Gasteiger partial charge in [0.15, 0.2) is 0 Å². The fourth-order valence-electron chi connectivity index (χ4n) is 2.81. The molecule has 1 aromatic carbocycles. The quantitative estimate of drug-likeness (QED) is 0.782. The van der Waals surface area contributed by atoms with Crippen LogP contribution in [0.15, 0.2) is 36.7 Å². The molecular weight excluding hydrogens is 302 g/mol. The molecule has 2 rings (SSSR count). The lowest BCUT2D eigenvalue weighted by molar-refractivity contribution is 0.0941. The maximum atomic E-state index is 12.3. The third kappa shape index (κ3) is 5.20. The van der Waals surface area contributed by atoms with Crippen molar-refractivity contribution in [1.29, 1.82) is 0 Å². The summed E-state index contributed by atoms with van der Waals surface area (Å²) in [5.41, 5.74) is 2.66. The number of benzene rings is 1. The number of nitrogens with one attached hydrogen (secondary N) is 1. The monoisotopic (exact) mass is 329 g/mol. The number of hydrogen-bond donors (Lipinski definition) is 2. The van der Waals surface area contributed by atoms with Gasteiger partial charge in [-0.15, -0.1) is 0 Å². The molecule has 1 amide bonds. The molecular formula is C19H27N3O2. The van der Waals surface area contributed by atoms with Crippen molar-refractivity contribution in [3.05, 3.63) is 47.8 Å². The summed E-state index contributed by atoms with van der Waals surface area (Å²) < 4.78 is 1.79. The molecule has 0 fully saturated rings. The number of hydrogen-bond acceptors (Lipinski definition) is 3. The second kappa shape index (κ2) is 8.64. The van der Waals surface area contributed by atoms with Crippen molar-refractivity contribution in [2.45, 2.75) is 33.6 Å². The summed E-state index contributed by atoms with van der Waals surface area (Å²) in [5, 5.41) is 16.4. The Morgan fingerprint density at radius 3 is 2.54 bits per heavy atom. The van der Waals surface area contributed by atoms with E-state index >= 15 is 0 Å². The molecule has 1 heterocycles. The van der Waals surface area contributed by atoms with Crippen LogP contribution in [0.4, 0.5) is 0 Å². The highest BCUT2D eigenvalue weighted by molar-refractivity contribution is 5.94. The molecule has 0 bridgehead atoms. The van der Waals surface area contributed by atoms with Crippen LogP contribution in [0.1, 0.15) is 42.6 Å². The van der Waals surface area contributed by atoms with E-state index < -0.39 is 0 Å². The molecule has 1 unspecified atom stereocenters. The first-order chi connectivity index (χ1) is 11.5. The van der Waals surface area contributed by atoms with E-state index in [1.54, 1.807) is 10.9 Å². The van der Waals surface area contributed by atoms with Crippen LogP contribution in [-0.4, -0.2) is 33.9 Å². The summed E-state index contributed by atoms with van der Waals surface area (Å²) >= 11 is 0. The number of aliphatic hydroxyl groups excluding tert-OH is 1. The summed E-state index contributed by atoms with van der Waals surface area (Å²) in [4.78, 5) is 12.3. The van der Waals surface area contributed by atoms with E-state index in [4.69, 9.17) is 5.11 Å². The minimum absolute atomic E-state index is 0.0788. The Morgan fingerprint density at radius 2 is 2.00 bits per heavy atom. The van der Waals surface area contributed by atoms with Crippen molar-refractivity contribution < 1.29 is 9.90 Å². The maximum Gasteiger partial charge on any atom is 0.251 e. The Morgan fingerprint density at radius 1 is 1.29 bits per heavy atom. The predicted molar refractivity (Wildman–Crippen MR) is 95.3 cm³/mol. The van der Waals surface area contributed by atoms with E-state index in [1.165, 1.54) is 0 Å². The number of nitrogens with zero attached hydrogens (tertiary/aromatic N) is 2. The largest absolute Gasteiger partial charge is 0.396 e. The molecule has 1 aromatic heterocycles. The van der Waals surface area contributed by atoms with E-state index in [2.05, 4.69) is 24.3 Å². The van der Waals surface area contributed by atoms with E-state index in [9.17, 15) is 4.79 Å². The highest BCUT2D eigenvalue weighted by Crippen LogP contribution is 2.15. The molecule has 2 N–H and O–H groups in total. The Labute approximate surface area is 143 Å². The van der Waals surface area contributed by atoms with Gasteiger partial charge in [-0.05, 0) is 61.4 Å². The van der Waals surface area contributed by atoms with Crippen LogP contribution in [0.3, 0.4) is 0 Å². The smallest absolute Gasteiger partial charge is 0.251 e. The molecule has 0 spiro atoms. The lowest BCUT2D eigenvalue weighted by Gasteiger charge is -2.18. The Balaban J connectivity index is 1.94. The van der Waals surface area contributed by atoms with Gasteiger partial charge in [0.1, 0.15) is 0 Å². The fraction of sp³-hybridized carbons (Fsp3) is 0.474. The lowest BCUT2D eigenvalue weighted by atomic mass is 9.94. The summed E-state index contributed by atoms with van der Waals surface area (Å²) in [6.45, 7) is 7.05. The second-order valence-electron chi connectivity index (χ2n) is 6.73. The highest BCUT2D eigenvalue weighted by Gasteiger charge is 2.13. The lowest BCUT2D eigenvalue weighted by Crippen LogP contribution is -2.30. The van der Waals surface area contributed by atoms with Gasteiger partial charge in [0.25, 0.3) is 5.91 Å². The zero-order valence-corrected chi connectivity index (χ0v) is 14.7. The molecule has 5 heteroatoms. The summed E-state index contributed by atoms with van der Waals surface area (Å²) in [6.07, 6.45) is 5.46. The molecule has 5 nitrogen and oxygen atoms in total. The number of aliphatic hydroxyl groups is 1. The Hall–Kier alpha value is -2.14. The van der Waals surface area contributed by atoms with Crippen molar-refractivity contribution >= 4 is 5.91 Å². The van der Waals surface area contributed by atoms with Gasteiger partial charge < -0.3 is 10.4 Å². The van der Waals surface area contributed by atoms with Gasteiger partial charge in [0, 0.05) is 24.9 Å². The van der Waals surface area contributed by atoms with Crippen LogP contribution in [0, 0.1) is 18.8 Å². The van der Waals surface area contributed by atoms with Crippen molar-refractivity contribution in [3.63, 3.8) is 0 Å². The molecule has 0 saturated carbocycles. The van der Waals surface area contributed by atoms with Gasteiger partial charge in [-0.25, -0.2) is 4.68 Å². The van der Waals surface area contributed by atoms with Crippen molar-refractivity contribution in [1.82, 2.24) is 15.1 Å². The maximum absolute atomic E-state index is 12.3. The van der Waals surface area contributed by atoms with Crippen molar-refractivity contribution in [2.75, 3.05) is 13.2 Å². The van der Waals surface area contributed by atoms with Gasteiger partial charge in [0.2, 0.25) is 0 Å². The van der Waals surface area contributed by atoms with E-state index in [1.807, 2.05) is 37.4 Å². The standard InChI is InChI=1S/C19H27N3O2/c1-14(2)10-16(8-9-23)12-20-19(24)17-4-6-18(7-5-17)22-13-15(3)11-21-22/h4-7,11,13-14,16,23H,8-10,12H2,1-3H3,(H,20,24). The number of carbonyl (C=O) groups is 1. The molecule has 130 valence electrons.